The minimum Gasteiger partial charge on any atom is -0.495 e. The van der Waals surface area contributed by atoms with Crippen LogP contribution in [0.1, 0.15) is 10.6 Å². The van der Waals surface area contributed by atoms with E-state index in [0.29, 0.717) is 27.2 Å². The number of rotatable bonds is 4. The van der Waals surface area contributed by atoms with Gasteiger partial charge in [-0.3, -0.25) is 10.1 Å². The predicted octanol–water partition coefficient (Wildman–Crippen LogP) is 5.39. The van der Waals surface area contributed by atoms with Crippen molar-refractivity contribution in [1.82, 2.24) is 5.32 Å². The molecule has 5 nitrogen and oxygen atoms in total. The van der Waals surface area contributed by atoms with Gasteiger partial charge in [-0.1, -0.05) is 23.2 Å². The SMILES string of the molecule is COc1ccc(NC(=S)NC(=O)c2ccc(-c3ccc(Cl)cc3)o2)cc1Cl. The first-order valence-corrected chi connectivity index (χ1v) is 8.94. The third kappa shape index (κ3) is 4.80. The Morgan fingerprint density at radius 3 is 2.48 bits per heavy atom. The monoisotopic (exact) mass is 420 g/mol. The van der Waals surface area contributed by atoms with Crippen LogP contribution in [0.15, 0.2) is 59.0 Å². The Bertz CT molecular complexity index is 987. The molecular weight excluding hydrogens is 407 g/mol. The average molecular weight is 421 g/mol. The molecule has 1 amide bonds. The summed E-state index contributed by atoms with van der Waals surface area (Å²) in [7, 11) is 1.53. The second-order valence-corrected chi connectivity index (χ2v) is 6.68. The van der Waals surface area contributed by atoms with Crippen LogP contribution in [0, 0.1) is 0 Å². The number of ether oxygens (including phenoxy) is 1. The Morgan fingerprint density at radius 1 is 1.07 bits per heavy atom. The number of amides is 1. The maximum Gasteiger partial charge on any atom is 0.293 e. The molecule has 1 aromatic heterocycles. The summed E-state index contributed by atoms with van der Waals surface area (Å²) < 4.78 is 10.7. The number of hydrogen-bond donors (Lipinski definition) is 2. The van der Waals surface area contributed by atoms with E-state index in [-0.39, 0.29) is 10.9 Å². The normalized spacial score (nSPS) is 10.3. The van der Waals surface area contributed by atoms with Crippen molar-refractivity contribution in [2.75, 3.05) is 12.4 Å². The minimum atomic E-state index is -0.465. The Labute approximate surface area is 171 Å². The van der Waals surface area contributed by atoms with Crippen molar-refractivity contribution < 1.29 is 13.9 Å². The van der Waals surface area contributed by atoms with E-state index in [2.05, 4.69) is 10.6 Å². The number of thiocarbonyl (C=S) groups is 1. The molecule has 0 unspecified atom stereocenters. The molecule has 3 aromatic rings. The molecule has 0 spiro atoms. The number of methoxy groups -OCH3 is 1. The molecule has 1 heterocycles. The molecule has 0 saturated carbocycles. The van der Waals surface area contributed by atoms with Gasteiger partial charge in [0.05, 0.1) is 12.1 Å². The molecule has 2 aromatic carbocycles. The maximum atomic E-state index is 12.3. The molecule has 0 aliphatic rings. The first kappa shape index (κ1) is 19.2. The van der Waals surface area contributed by atoms with E-state index in [1.54, 1.807) is 42.5 Å². The van der Waals surface area contributed by atoms with Crippen molar-refractivity contribution in [2.45, 2.75) is 0 Å². The van der Waals surface area contributed by atoms with Crippen LogP contribution in [0.5, 0.6) is 5.75 Å². The predicted molar refractivity (Wildman–Crippen MR) is 111 cm³/mol. The molecule has 0 atom stereocenters. The van der Waals surface area contributed by atoms with Gasteiger partial charge in [0.2, 0.25) is 0 Å². The zero-order valence-electron chi connectivity index (χ0n) is 14.1. The van der Waals surface area contributed by atoms with E-state index in [4.69, 9.17) is 44.6 Å². The van der Waals surface area contributed by atoms with Crippen LogP contribution in [0.2, 0.25) is 10.0 Å². The van der Waals surface area contributed by atoms with E-state index >= 15 is 0 Å². The van der Waals surface area contributed by atoms with Crippen LogP contribution >= 0.6 is 35.4 Å². The van der Waals surface area contributed by atoms with Gasteiger partial charge in [0.1, 0.15) is 11.5 Å². The van der Waals surface area contributed by atoms with Crippen molar-refractivity contribution in [1.29, 1.82) is 0 Å². The van der Waals surface area contributed by atoms with Crippen molar-refractivity contribution >= 4 is 52.1 Å². The second kappa shape index (κ2) is 8.43. The number of nitrogens with one attached hydrogen (secondary N) is 2. The van der Waals surface area contributed by atoms with E-state index in [0.717, 1.165) is 5.56 Å². The van der Waals surface area contributed by atoms with Crippen LogP contribution < -0.4 is 15.4 Å². The largest absolute Gasteiger partial charge is 0.495 e. The lowest BCUT2D eigenvalue weighted by Crippen LogP contribution is -2.33. The molecule has 0 bridgehead atoms. The van der Waals surface area contributed by atoms with Crippen molar-refractivity contribution in [3.63, 3.8) is 0 Å². The van der Waals surface area contributed by atoms with Crippen LogP contribution in [0.4, 0.5) is 5.69 Å². The lowest BCUT2D eigenvalue weighted by Gasteiger charge is -2.10. The van der Waals surface area contributed by atoms with E-state index < -0.39 is 5.91 Å². The van der Waals surface area contributed by atoms with Gasteiger partial charge in [-0.25, -0.2) is 0 Å². The van der Waals surface area contributed by atoms with Gasteiger partial charge in [-0.05, 0) is 66.8 Å². The van der Waals surface area contributed by atoms with E-state index in [1.807, 2.05) is 12.1 Å². The molecule has 0 saturated heterocycles. The van der Waals surface area contributed by atoms with Crippen molar-refractivity contribution in [3.8, 4) is 17.1 Å². The van der Waals surface area contributed by atoms with Gasteiger partial charge in [-0.2, -0.15) is 0 Å². The zero-order chi connectivity index (χ0) is 19.4. The Morgan fingerprint density at radius 2 is 1.81 bits per heavy atom. The van der Waals surface area contributed by atoms with Gasteiger partial charge in [0, 0.05) is 16.3 Å². The fourth-order valence-electron chi connectivity index (χ4n) is 2.30. The number of anilines is 1. The lowest BCUT2D eigenvalue weighted by molar-refractivity contribution is 0.0951. The summed E-state index contributed by atoms with van der Waals surface area (Å²) in [5, 5.41) is 6.61. The summed E-state index contributed by atoms with van der Waals surface area (Å²) in [6.45, 7) is 0. The Hall–Kier alpha value is -2.54. The number of benzene rings is 2. The average Bonchev–Trinajstić information content (AvgIpc) is 3.12. The smallest absolute Gasteiger partial charge is 0.293 e. The third-order valence-corrected chi connectivity index (χ3v) is 4.35. The molecule has 0 fully saturated rings. The summed E-state index contributed by atoms with van der Waals surface area (Å²) in [6.07, 6.45) is 0. The highest BCUT2D eigenvalue weighted by Gasteiger charge is 2.14. The first-order chi connectivity index (χ1) is 13.0. The van der Waals surface area contributed by atoms with E-state index in [1.165, 1.54) is 7.11 Å². The number of hydrogen-bond acceptors (Lipinski definition) is 4. The number of carbonyl (C=O) groups is 1. The number of carbonyl (C=O) groups excluding carboxylic acids is 1. The van der Waals surface area contributed by atoms with Crippen LogP contribution in [0.25, 0.3) is 11.3 Å². The summed E-state index contributed by atoms with van der Waals surface area (Å²) >= 11 is 17.1. The van der Waals surface area contributed by atoms with Gasteiger partial charge in [0.15, 0.2) is 10.9 Å². The quantitative estimate of drug-likeness (QED) is 0.554. The van der Waals surface area contributed by atoms with Crippen LogP contribution in [-0.4, -0.2) is 18.1 Å². The zero-order valence-corrected chi connectivity index (χ0v) is 16.4. The molecule has 0 aliphatic heterocycles. The molecule has 3 rings (SSSR count). The van der Waals surface area contributed by atoms with Crippen LogP contribution in [0.3, 0.4) is 0 Å². The molecule has 138 valence electrons. The van der Waals surface area contributed by atoms with Crippen LogP contribution in [-0.2, 0) is 0 Å². The maximum absolute atomic E-state index is 12.3. The summed E-state index contributed by atoms with van der Waals surface area (Å²) in [5.74, 6) is 0.768. The van der Waals surface area contributed by atoms with Gasteiger partial charge < -0.3 is 14.5 Å². The molecule has 2 N–H and O–H groups in total. The number of halogens is 2. The Balaban J connectivity index is 1.64. The highest BCUT2D eigenvalue weighted by molar-refractivity contribution is 7.80. The molecule has 0 aliphatic carbocycles. The first-order valence-electron chi connectivity index (χ1n) is 7.78. The molecule has 27 heavy (non-hydrogen) atoms. The number of furan rings is 1. The highest BCUT2D eigenvalue weighted by Crippen LogP contribution is 2.27. The summed E-state index contributed by atoms with van der Waals surface area (Å²) in [6, 6.07) is 15.5. The summed E-state index contributed by atoms with van der Waals surface area (Å²) in [4.78, 5) is 12.3. The van der Waals surface area contributed by atoms with Crippen molar-refractivity contribution in [2.24, 2.45) is 0 Å². The van der Waals surface area contributed by atoms with Gasteiger partial charge in [0.25, 0.3) is 5.91 Å². The van der Waals surface area contributed by atoms with Gasteiger partial charge in [-0.15, -0.1) is 0 Å². The fraction of sp³-hybridized carbons (Fsp3) is 0.0526. The lowest BCUT2D eigenvalue weighted by atomic mass is 10.2. The minimum absolute atomic E-state index is 0.116. The second-order valence-electron chi connectivity index (χ2n) is 5.43. The van der Waals surface area contributed by atoms with Crippen molar-refractivity contribution in [3.05, 3.63) is 70.4 Å². The fourth-order valence-corrected chi connectivity index (χ4v) is 2.89. The van der Waals surface area contributed by atoms with E-state index in [9.17, 15) is 4.79 Å². The summed E-state index contributed by atoms with van der Waals surface area (Å²) in [5.41, 5.74) is 1.43. The molecule has 0 radical (unpaired) electrons. The Kier molecular flexibility index (Phi) is 6.01. The standard InChI is InChI=1S/C19H14Cl2N2O3S/c1-25-16-7-6-13(10-14(16)21)22-19(27)23-18(24)17-9-8-15(26-17)11-2-4-12(20)5-3-11/h2-10H,1H3,(H2,22,23,24,27). The molecule has 8 heteroatoms. The van der Waals surface area contributed by atoms with Gasteiger partial charge >= 0.3 is 0 Å². The third-order valence-electron chi connectivity index (χ3n) is 3.60. The topological polar surface area (TPSA) is 63.5 Å². The highest BCUT2D eigenvalue weighted by atomic mass is 35.5. The molecular formula is C19H14Cl2N2O3S.